The van der Waals surface area contributed by atoms with E-state index in [1.807, 2.05) is 31.2 Å². The number of sulfone groups is 1. The van der Waals surface area contributed by atoms with Crippen LogP contribution in [0.3, 0.4) is 0 Å². The van der Waals surface area contributed by atoms with Gasteiger partial charge in [0.2, 0.25) is 11.8 Å². The first-order valence-electron chi connectivity index (χ1n) is 8.78. The van der Waals surface area contributed by atoms with Gasteiger partial charge in [-0.25, -0.2) is 8.42 Å². The summed E-state index contributed by atoms with van der Waals surface area (Å²) in [7, 11) is -3.02. The van der Waals surface area contributed by atoms with Crippen LogP contribution in [0.5, 0.6) is 0 Å². The van der Waals surface area contributed by atoms with Crippen molar-refractivity contribution < 1.29 is 18.0 Å². The largest absolute Gasteiger partial charge is 0.339 e. The van der Waals surface area contributed by atoms with E-state index in [9.17, 15) is 18.0 Å². The van der Waals surface area contributed by atoms with Gasteiger partial charge in [-0.1, -0.05) is 18.2 Å². The van der Waals surface area contributed by atoms with Crippen LogP contribution < -0.4 is 5.32 Å². The first kappa shape index (κ1) is 17.9. The number of hydrogen-bond donors (Lipinski definition) is 1. The molecule has 1 fully saturated rings. The molecule has 0 aliphatic carbocycles. The number of hydrogen-bond acceptors (Lipinski definition) is 4. The van der Waals surface area contributed by atoms with Crippen molar-refractivity contribution in [2.75, 3.05) is 23.4 Å². The van der Waals surface area contributed by atoms with Gasteiger partial charge in [0.15, 0.2) is 9.84 Å². The zero-order chi connectivity index (χ0) is 18.0. The molecule has 2 aliphatic rings. The molecule has 0 aromatic heterocycles. The van der Waals surface area contributed by atoms with Crippen molar-refractivity contribution in [2.45, 2.75) is 38.6 Å². The lowest BCUT2D eigenvalue weighted by Gasteiger charge is -2.28. The quantitative estimate of drug-likeness (QED) is 0.860. The third-order valence-corrected chi connectivity index (χ3v) is 6.88. The molecule has 0 saturated carbocycles. The third kappa shape index (κ3) is 4.03. The number of anilines is 1. The molecule has 0 spiro atoms. The summed E-state index contributed by atoms with van der Waals surface area (Å²) in [5, 5.41) is 2.90. The summed E-state index contributed by atoms with van der Waals surface area (Å²) in [4.78, 5) is 26.5. The smallest absolute Gasteiger partial charge is 0.227 e. The topological polar surface area (TPSA) is 83.6 Å². The van der Waals surface area contributed by atoms with E-state index in [1.165, 1.54) is 0 Å². The van der Waals surface area contributed by atoms with Crippen LogP contribution in [0.2, 0.25) is 0 Å². The summed E-state index contributed by atoms with van der Waals surface area (Å²) >= 11 is 0. The van der Waals surface area contributed by atoms with Gasteiger partial charge in [-0.3, -0.25) is 9.59 Å². The standard InChI is InChI=1S/C18H24N2O4S/c1-2-20(15-9-10-25(23,24)12-15)17(21)8-7-14-11-13-5-3-4-6-16(13)19-18(14)22/h3-6,14-15H,2,7-12H2,1H3,(H,19,22). The van der Waals surface area contributed by atoms with E-state index < -0.39 is 9.84 Å². The molecule has 2 aliphatic heterocycles. The number of amides is 2. The second kappa shape index (κ2) is 7.15. The van der Waals surface area contributed by atoms with Gasteiger partial charge in [0.1, 0.15) is 0 Å². The zero-order valence-corrected chi connectivity index (χ0v) is 15.2. The Balaban J connectivity index is 1.59. The van der Waals surface area contributed by atoms with E-state index in [-0.39, 0.29) is 41.7 Å². The minimum atomic E-state index is -3.02. The van der Waals surface area contributed by atoms with Crippen molar-refractivity contribution >= 4 is 27.3 Å². The van der Waals surface area contributed by atoms with Crippen molar-refractivity contribution in [3.8, 4) is 0 Å². The average molecular weight is 364 g/mol. The molecule has 1 aromatic carbocycles. The van der Waals surface area contributed by atoms with Crippen LogP contribution in [-0.4, -0.2) is 49.2 Å². The number of para-hydroxylation sites is 1. The summed E-state index contributed by atoms with van der Waals surface area (Å²) in [6, 6.07) is 7.48. The first-order valence-corrected chi connectivity index (χ1v) is 10.6. The van der Waals surface area contributed by atoms with Crippen molar-refractivity contribution in [3.05, 3.63) is 29.8 Å². The van der Waals surface area contributed by atoms with E-state index in [0.29, 0.717) is 25.8 Å². The number of nitrogens with zero attached hydrogens (tertiary/aromatic N) is 1. The number of nitrogens with one attached hydrogen (secondary N) is 1. The van der Waals surface area contributed by atoms with Crippen molar-refractivity contribution in [3.63, 3.8) is 0 Å². The number of carbonyl (C=O) groups is 2. The fourth-order valence-corrected chi connectivity index (χ4v) is 5.48. The maximum atomic E-state index is 12.6. The maximum absolute atomic E-state index is 12.6. The minimum Gasteiger partial charge on any atom is -0.339 e. The van der Waals surface area contributed by atoms with Crippen LogP contribution in [0, 0.1) is 5.92 Å². The second-order valence-corrected chi connectivity index (χ2v) is 9.05. The molecule has 6 nitrogen and oxygen atoms in total. The van der Waals surface area contributed by atoms with Crippen molar-refractivity contribution in [1.29, 1.82) is 0 Å². The molecular formula is C18H24N2O4S. The van der Waals surface area contributed by atoms with Crippen LogP contribution in [0.1, 0.15) is 31.7 Å². The highest BCUT2D eigenvalue weighted by Crippen LogP contribution is 2.28. The lowest BCUT2D eigenvalue weighted by atomic mass is 9.89. The molecule has 7 heteroatoms. The van der Waals surface area contributed by atoms with Crippen LogP contribution in [0.4, 0.5) is 5.69 Å². The Bertz CT molecular complexity index is 775. The van der Waals surface area contributed by atoms with Crippen LogP contribution >= 0.6 is 0 Å². The molecule has 0 radical (unpaired) electrons. The summed E-state index contributed by atoms with van der Waals surface area (Å²) in [6.07, 6.45) is 1.90. The van der Waals surface area contributed by atoms with Gasteiger partial charge in [0, 0.05) is 30.6 Å². The molecule has 0 bridgehead atoms. The number of rotatable bonds is 5. The molecule has 1 saturated heterocycles. The molecule has 1 aromatic rings. The summed E-state index contributed by atoms with van der Waals surface area (Å²) in [5.41, 5.74) is 1.94. The zero-order valence-electron chi connectivity index (χ0n) is 14.4. The number of carbonyl (C=O) groups excluding carboxylic acids is 2. The second-order valence-electron chi connectivity index (χ2n) is 6.82. The van der Waals surface area contributed by atoms with E-state index in [2.05, 4.69) is 5.32 Å². The Kier molecular flexibility index (Phi) is 5.13. The first-order chi connectivity index (χ1) is 11.9. The van der Waals surface area contributed by atoms with Crippen LogP contribution in [0.25, 0.3) is 0 Å². The van der Waals surface area contributed by atoms with Gasteiger partial charge in [0.25, 0.3) is 0 Å². The average Bonchev–Trinajstić information content (AvgIpc) is 2.93. The Morgan fingerprint density at radius 3 is 2.76 bits per heavy atom. The maximum Gasteiger partial charge on any atom is 0.227 e. The lowest BCUT2D eigenvalue weighted by molar-refractivity contribution is -0.133. The van der Waals surface area contributed by atoms with Gasteiger partial charge in [-0.15, -0.1) is 0 Å². The Morgan fingerprint density at radius 1 is 1.32 bits per heavy atom. The fraction of sp³-hybridized carbons (Fsp3) is 0.556. The highest BCUT2D eigenvalue weighted by atomic mass is 32.2. The van der Waals surface area contributed by atoms with E-state index >= 15 is 0 Å². The summed E-state index contributed by atoms with van der Waals surface area (Å²) in [5.74, 6) is -0.105. The van der Waals surface area contributed by atoms with Gasteiger partial charge in [-0.05, 0) is 37.8 Å². The van der Waals surface area contributed by atoms with Crippen molar-refractivity contribution in [2.24, 2.45) is 5.92 Å². The molecule has 2 unspecified atom stereocenters. The lowest BCUT2D eigenvalue weighted by Crippen LogP contribution is -2.41. The molecule has 2 amide bonds. The fourth-order valence-electron chi connectivity index (χ4n) is 3.75. The number of fused-ring (bicyclic) bond motifs is 1. The van der Waals surface area contributed by atoms with Crippen LogP contribution in [-0.2, 0) is 25.8 Å². The number of benzene rings is 1. The highest BCUT2D eigenvalue weighted by molar-refractivity contribution is 7.91. The van der Waals surface area contributed by atoms with E-state index in [0.717, 1.165) is 11.3 Å². The van der Waals surface area contributed by atoms with Gasteiger partial charge >= 0.3 is 0 Å². The highest BCUT2D eigenvalue weighted by Gasteiger charge is 2.34. The Hall–Kier alpha value is -1.89. The molecular weight excluding hydrogens is 340 g/mol. The predicted octanol–water partition coefficient (Wildman–Crippen LogP) is 1.61. The monoisotopic (exact) mass is 364 g/mol. The molecule has 25 heavy (non-hydrogen) atoms. The van der Waals surface area contributed by atoms with Gasteiger partial charge < -0.3 is 10.2 Å². The third-order valence-electron chi connectivity index (χ3n) is 5.13. The molecule has 2 heterocycles. The Morgan fingerprint density at radius 2 is 2.08 bits per heavy atom. The summed E-state index contributed by atoms with van der Waals surface area (Å²) in [6.45, 7) is 2.37. The molecule has 3 rings (SSSR count). The normalized spacial score (nSPS) is 24.4. The van der Waals surface area contributed by atoms with Gasteiger partial charge in [0.05, 0.1) is 11.5 Å². The van der Waals surface area contributed by atoms with Gasteiger partial charge in [-0.2, -0.15) is 0 Å². The predicted molar refractivity (Wildman–Crippen MR) is 95.9 cm³/mol. The SMILES string of the molecule is CCN(C(=O)CCC1Cc2ccccc2NC1=O)C1CCS(=O)(=O)C1. The molecule has 136 valence electrons. The van der Waals surface area contributed by atoms with Crippen LogP contribution in [0.15, 0.2) is 24.3 Å². The summed E-state index contributed by atoms with van der Waals surface area (Å²) < 4.78 is 23.3. The molecule has 1 N–H and O–H groups in total. The van der Waals surface area contributed by atoms with Crippen molar-refractivity contribution in [1.82, 2.24) is 4.90 Å². The Labute approximate surface area is 148 Å². The molecule has 2 atom stereocenters. The minimum absolute atomic E-state index is 0.0435. The van der Waals surface area contributed by atoms with E-state index in [1.54, 1.807) is 4.90 Å². The van der Waals surface area contributed by atoms with E-state index in [4.69, 9.17) is 0 Å².